The predicted octanol–water partition coefficient (Wildman–Crippen LogP) is 3.13. The lowest BCUT2D eigenvalue weighted by molar-refractivity contribution is -0.121. The Balaban J connectivity index is 2.16. The van der Waals surface area contributed by atoms with Crippen molar-refractivity contribution in [2.45, 2.75) is 39.2 Å². The van der Waals surface area contributed by atoms with Gasteiger partial charge in [0.25, 0.3) is 0 Å². The molecule has 1 saturated carbocycles. The van der Waals surface area contributed by atoms with Crippen molar-refractivity contribution >= 4 is 27.5 Å². The number of carbonyl (C=O) groups excluding carboxylic acids is 1. The second-order valence-electron chi connectivity index (χ2n) is 5.44. The van der Waals surface area contributed by atoms with Crippen LogP contribution >= 0.6 is 15.9 Å². The van der Waals surface area contributed by atoms with Crippen LogP contribution in [0.5, 0.6) is 0 Å². The lowest BCUT2D eigenvalue weighted by Crippen LogP contribution is -2.50. The largest absolute Gasteiger partial charge is 0.324 e. The van der Waals surface area contributed by atoms with Gasteiger partial charge < -0.3 is 11.1 Å². The van der Waals surface area contributed by atoms with Gasteiger partial charge in [-0.25, -0.2) is 0 Å². The lowest BCUT2D eigenvalue weighted by atomic mass is 9.96. The molecule has 0 bridgehead atoms. The standard InChI is InChI=1S/C14H19BrN2O/c1-8-6-11(7-9(2)12(8)15)17-13(18)14(3,16)10-4-5-10/h6-7,10H,4-5,16H2,1-3H3,(H,17,18). The minimum atomic E-state index is -0.755. The first-order chi connectivity index (χ1) is 8.32. The molecule has 0 aliphatic heterocycles. The fourth-order valence-electron chi connectivity index (χ4n) is 2.15. The minimum absolute atomic E-state index is 0.0916. The van der Waals surface area contributed by atoms with Gasteiger partial charge in [-0.2, -0.15) is 0 Å². The third kappa shape index (κ3) is 2.59. The Hall–Kier alpha value is -0.870. The van der Waals surface area contributed by atoms with Crippen LogP contribution in [0.25, 0.3) is 0 Å². The number of aryl methyl sites for hydroxylation is 2. The third-order valence-corrected chi connectivity index (χ3v) is 4.86. The highest BCUT2D eigenvalue weighted by atomic mass is 79.9. The van der Waals surface area contributed by atoms with E-state index in [2.05, 4.69) is 21.2 Å². The molecule has 1 aliphatic rings. The molecule has 0 heterocycles. The maximum absolute atomic E-state index is 12.2. The molecule has 2 rings (SSSR count). The molecule has 0 saturated heterocycles. The summed E-state index contributed by atoms with van der Waals surface area (Å²) in [4.78, 5) is 12.2. The molecule has 1 amide bonds. The van der Waals surface area contributed by atoms with Crippen LogP contribution in [0.1, 0.15) is 30.9 Å². The van der Waals surface area contributed by atoms with Crippen molar-refractivity contribution in [3.05, 3.63) is 27.7 Å². The van der Waals surface area contributed by atoms with Crippen LogP contribution in [0.15, 0.2) is 16.6 Å². The van der Waals surface area contributed by atoms with Crippen molar-refractivity contribution in [2.24, 2.45) is 11.7 Å². The maximum atomic E-state index is 12.2. The molecule has 1 aliphatic carbocycles. The Kier molecular flexibility index (Phi) is 3.52. The van der Waals surface area contributed by atoms with Crippen molar-refractivity contribution in [1.29, 1.82) is 0 Å². The lowest BCUT2D eigenvalue weighted by Gasteiger charge is -2.23. The Bertz CT molecular complexity index is 470. The van der Waals surface area contributed by atoms with Gasteiger partial charge in [-0.3, -0.25) is 4.79 Å². The average molecular weight is 311 g/mol. The van der Waals surface area contributed by atoms with Crippen LogP contribution in [0.4, 0.5) is 5.69 Å². The molecular weight excluding hydrogens is 292 g/mol. The Labute approximate surface area is 116 Å². The monoisotopic (exact) mass is 310 g/mol. The molecular formula is C14H19BrN2O. The Morgan fingerprint density at radius 2 is 1.89 bits per heavy atom. The first-order valence-electron chi connectivity index (χ1n) is 6.19. The second-order valence-corrected chi connectivity index (χ2v) is 6.23. The normalized spacial score (nSPS) is 18.3. The zero-order valence-electron chi connectivity index (χ0n) is 11.0. The average Bonchev–Trinajstić information content (AvgIpc) is 3.09. The molecule has 1 aromatic carbocycles. The van der Waals surface area contributed by atoms with Crippen molar-refractivity contribution < 1.29 is 4.79 Å². The smallest absolute Gasteiger partial charge is 0.244 e. The Morgan fingerprint density at radius 3 is 2.33 bits per heavy atom. The minimum Gasteiger partial charge on any atom is -0.324 e. The molecule has 0 radical (unpaired) electrons. The number of rotatable bonds is 3. The third-order valence-electron chi connectivity index (χ3n) is 3.61. The number of carbonyl (C=O) groups is 1. The number of amides is 1. The molecule has 1 fully saturated rings. The van der Waals surface area contributed by atoms with E-state index < -0.39 is 5.54 Å². The first kappa shape index (κ1) is 13.6. The molecule has 0 aromatic heterocycles. The van der Waals surface area contributed by atoms with E-state index in [0.717, 1.165) is 34.1 Å². The molecule has 18 heavy (non-hydrogen) atoms. The summed E-state index contributed by atoms with van der Waals surface area (Å²) in [5.41, 5.74) is 8.37. The summed E-state index contributed by atoms with van der Waals surface area (Å²) >= 11 is 3.51. The van der Waals surface area contributed by atoms with Gasteiger partial charge in [-0.1, -0.05) is 15.9 Å². The molecule has 1 unspecified atom stereocenters. The van der Waals surface area contributed by atoms with Crippen LogP contribution in [0.3, 0.4) is 0 Å². The van der Waals surface area contributed by atoms with Crippen LogP contribution in [0, 0.1) is 19.8 Å². The Morgan fingerprint density at radius 1 is 1.39 bits per heavy atom. The van der Waals surface area contributed by atoms with Crippen LogP contribution in [-0.4, -0.2) is 11.4 Å². The zero-order valence-corrected chi connectivity index (χ0v) is 12.6. The van der Waals surface area contributed by atoms with Gasteiger partial charge in [0.2, 0.25) is 5.91 Å². The van der Waals surface area contributed by atoms with E-state index in [9.17, 15) is 4.79 Å². The van der Waals surface area contributed by atoms with Gasteiger partial charge in [0, 0.05) is 10.2 Å². The predicted molar refractivity (Wildman–Crippen MR) is 77.6 cm³/mol. The van der Waals surface area contributed by atoms with Gasteiger partial charge >= 0.3 is 0 Å². The van der Waals surface area contributed by atoms with E-state index in [1.165, 1.54) is 0 Å². The highest BCUT2D eigenvalue weighted by Gasteiger charge is 2.44. The highest BCUT2D eigenvalue weighted by molar-refractivity contribution is 9.10. The molecule has 98 valence electrons. The molecule has 0 spiro atoms. The second kappa shape index (κ2) is 4.67. The van der Waals surface area contributed by atoms with Crippen LogP contribution < -0.4 is 11.1 Å². The van der Waals surface area contributed by atoms with Crippen molar-refractivity contribution in [3.63, 3.8) is 0 Å². The number of anilines is 1. The van der Waals surface area contributed by atoms with E-state index in [1.807, 2.05) is 32.9 Å². The quantitative estimate of drug-likeness (QED) is 0.901. The summed E-state index contributed by atoms with van der Waals surface area (Å²) in [5.74, 6) is 0.237. The first-order valence-corrected chi connectivity index (χ1v) is 6.98. The topological polar surface area (TPSA) is 55.1 Å². The van der Waals surface area contributed by atoms with Crippen LogP contribution in [-0.2, 0) is 4.79 Å². The summed E-state index contributed by atoms with van der Waals surface area (Å²) in [6, 6.07) is 3.91. The maximum Gasteiger partial charge on any atom is 0.244 e. The van der Waals surface area contributed by atoms with Crippen molar-refractivity contribution in [2.75, 3.05) is 5.32 Å². The van der Waals surface area contributed by atoms with Crippen LogP contribution in [0.2, 0.25) is 0 Å². The number of benzene rings is 1. The van der Waals surface area contributed by atoms with E-state index in [4.69, 9.17) is 5.73 Å². The summed E-state index contributed by atoms with van der Waals surface area (Å²) in [7, 11) is 0. The molecule has 1 aromatic rings. The highest BCUT2D eigenvalue weighted by Crippen LogP contribution is 2.38. The molecule has 4 heteroatoms. The summed E-state index contributed by atoms with van der Waals surface area (Å²) in [6.07, 6.45) is 2.11. The van der Waals surface area contributed by atoms with Gasteiger partial charge in [0.15, 0.2) is 0 Å². The number of nitrogens with one attached hydrogen (secondary N) is 1. The SMILES string of the molecule is Cc1cc(NC(=O)C(C)(N)C2CC2)cc(C)c1Br. The van der Waals surface area contributed by atoms with E-state index in [1.54, 1.807) is 0 Å². The van der Waals surface area contributed by atoms with Gasteiger partial charge in [-0.15, -0.1) is 0 Å². The zero-order chi connectivity index (χ0) is 13.5. The molecule has 3 N–H and O–H groups in total. The van der Waals surface area contributed by atoms with Gasteiger partial charge in [-0.05, 0) is 62.8 Å². The van der Waals surface area contributed by atoms with E-state index >= 15 is 0 Å². The number of nitrogens with two attached hydrogens (primary N) is 1. The van der Waals surface area contributed by atoms with E-state index in [-0.39, 0.29) is 5.91 Å². The number of hydrogen-bond donors (Lipinski definition) is 2. The van der Waals surface area contributed by atoms with Crippen molar-refractivity contribution in [3.8, 4) is 0 Å². The molecule has 3 nitrogen and oxygen atoms in total. The number of hydrogen-bond acceptors (Lipinski definition) is 2. The molecule has 1 atom stereocenters. The summed E-state index contributed by atoms with van der Waals surface area (Å²) in [5, 5.41) is 2.93. The van der Waals surface area contributed by atoms with Gasteiger partial charge in [0.05, 0.1) is 5.54 Å². The van der Waals surface area contributed by atoms with E-state index in [0.29, 0.717) is 5.92 Å². The van der Waals surface area contributed by atoms with Gasteiger partial charge in [0.1, 0.15) is 0 Å². The summed E-state index contributed by atoms with van der Waals surface area (Å²) < 4.78 is 1.08. The summed E-state index contributed by atoms with van der Waals surface area (Å²) in [6.45, 7) is 5.84. The number of halogens is 1. The fraction of sp³-hybridized carbons (Fsp3) is 0.500. The fourth-order valence-corrected chi connectivity index (χ4v) is 2.38. The van der Waals surface area contributed by atoms with Crippen molar-refractivity contribution in [1.82, 2.24) is 0 Å².